The van der Waals surface area contributed by atoms with Gasteiger partial charge in [-0.2, -0.15) is 4.57 Å². The molecule has 20 heavy (non-hydrogen) atoms. The molecule has 102 valence electrons. The molecule has 0 N–H and O–H groups in total. The first-order valence-electron chi connectivity index (χ1n) is 6.06. The van der Waals surface area contributed by atoms with E-state index in [4.69, 9.17) is 16.0 Å². The molecule has 3 aromatic rings. The second-order valence-electron chi connectivity index (χ2n) is 4.32. The van der Waals surface area contributed by atoms with Gasteiger partial charge in [0.2, 0.25) is 5.58 Å². The molecular formula is C16H13ClINO. The number of aryl methyl sites for hydroxylation is 1. The summed E-state index contributed by atoms with van der Waals surface area (Å²) in [5, 5.41) is 0.734. The topological polar surface area (TPSA) is 17.0 Å². The quantitative estimate of drug-likeness (QED) is 0.467. The minimum Gasteiger partial charge on any atom is -1.00 e. The summed E-state index contributed by atoms with van der Waals surface area (Å²) in [5.41, 5.74) is 2.93. The zero-order valence-electron chi connectivity index (χ0n) is 10.9. The molecule has 0 fully saturated rings. The molecule has 0 atom stereocenters. The molecule has 2 nitrogen and oxygen atoms in total. The van der Waals surface area contributed by atoms with Gasteiger partial charge in [0.1, 0.15) is 7.05 Å². The van der Waals surface area contributed by atoms with Crippen molar-refractivity contribution in [2.45, 2.75) is 0 Å². The van der Waals surface area contributed by atoms with Gasteiger partial charge in [-0.25, -0.2) is 0 Å². The molecule has 0 amide bonds. The summed E-state index contributed by atoms with van der Waals surface area (Å²) in [6.45, 7) is 0. The third-order valence-electron chi connectivity index (χ3n) is 3.08. The Bertz CT molecular complexity index is 764. The van der Waals surface area contributed by atoms with Crippen LogP contribution in [0.2, 0.25) is 5.02 Å². The van der Waals surface area contributed by atoms with Crippen molar-refractivity contribution in [3.8, 4) is 0 Å². The van der Waals surface area contributed by atoms with E-state index in [2.05, 4.69) is 0 Å². The van der Waals surface area contributed by atoms with E-state index in [1.54, 1.807) is 0 Å². The zero-order valence-corrected chi connectivity index (χ0v) is 13.8. The van der Waals surface area contributed by atoms with Crippen molar-refractivity contribution in [3.05, 3.63) is 65.0 Å². The Labute approximate surface area is 139 Å². The van der Waals surface area contributed by atoms with Crippen LogP contribution in [0.1, 0.15) is 11.5 Å². The standard InChI is InChI=1S/C16H13ClNO.HI/c1-18-14-8-4-5-9-15(14)19-16(18)11-10-12-6-2-3-7-13(12)17;/h2-11H,1H3;1H/q+1;/p-1. The predicted octanol–water partition coefficient (Wildman–Crippen LogP) is 1.09. The first-order chi connectivity index (χ1) is 9.25. The molecule has 0 radical (unpaired) electrons. The summed E-state index contributed by atoms with van der Waals surface area (Å²) in [4.78, 5) is 0. The predicted molar refractivity (Wildman–Crippen MR) is 77.8 cm³/mol. The molecule has 0 unspecified atom stereocenters. The lowest BCUT2D eigenvalue weighted by molar-refractivity contribution is -0.651. The van der Waals surface area contributed by atoms with Gasteiger partial charge >= 0.3 is 5.89 Å². The zero-order chi connectivity index (χ0) is 13.2. The summed E-state index contributed by atoms with van der Waals surface area (Å²) < 4.78 is 7.81. The normalized spacial score (nSPS) is 10.9. The fraction of sp³-hybridized carbons (Fsp3) is 0.0625. The van der Waals surface area contributed by atoms with Crippen molar-refractivity contribution in [2.75, 3.05) is 0 Å². The second-order valence-corrected chi connectivity index (χ2v) is 4.73. The Morgan fingerprint density at radius 1 is 1.00 bits per heavy atom. The number of rotatable bonds is 2. The number of hydrogen-bond acceptors (Lipinski definition) is 1. The Balaban J connectivity index is 0.00000147. The Morgan fingerprint density at radius 3 is 2.45 bits per heavy atom. The third-order valence-corrected chi connectivity index (χ3v) is 3.43. The number of halogens is 2. The summed E-state index contributed by atoms with van der Waals surface area (Å²) >= 11 is 6.12. The fourth-order valence-electron chi connectivity index (χ4n) is 2.04. The molecule has 4 heteroatoms. The maximum absolute atomic E-state index is 6.12. The van der Waals surface area contributed by atoms with Crippen molar-refractivity contribution < 1.29 is 33.0 Å². The lowest BCUT2D eigenvalue weighted by Gasteiger charge is -1.94. The van der Waals surface area contributed by atoms with E-state index >= 15 is 0 Å². The summed E-state index contributed by atoms with van der Waals surface area (Å²) in [6, 6.07) is 15.7. The highest BCUT2D eigenvalue weighted by Gasteiger charge is 2.15. The van der Waals surface area contributed by atoms with Crippen LogP contribution in [0.5, 0.6) is 0 Å². The van der Waals surface area contributed by atoms with Crippen LogP contribution in [-0.4, -0.2) is 0 Å². The molecule has 1 heterocycles. The molecule has 3 rings (SSSR count). The highest BCUT2D eigenvalue weighted by molar-refractivity contribution is 6.32. The summed E-state index contributed by atoms with van der Waals surface area (Å²) in [5.74, 6) is 0.793. The number of oxazole rings is 1. The van der Waals surface area contributed by atoms with Gasteiger partial charge in [-0.15, -0.1) is 0 Å². The average Bonchev–Trinajstić information content (AvgIpc) is 2.75. The van der Waals surface area contributed by atoms with Gasteiger partial charge < -0.3 is 28.4 Å². The minimum absolute atomic E-state index is 0. The molecule has 0 saturated heterocycles. The van der Waals surface area contributed by atoms with E-state index in [0.717, 1.165) is 27.6 Å². The SMILES string of the molecule is C[n+]1c(C=Cc2ccccc2Cl)oc2ccccc21.[I-]. The number of para-hydroxylation sites is 2. The van der Waals surface area contributed by atoms with Crippen molar-refractivity contribution >= 4 is 34.9 Å². The van der Waals surface area contributed by atoms with Crippen LogP contribution in [0.15, 0.2) is 52.9 Å². The molecule has 1 aromatic heterocycles. The van der Waals surface area contributed by atoms with E-state index < -0.39 is 0 Å². The Kier molecular flexibility index (Phi) is 4.83. The monoisotopic (exact) mass is 397 g/mol. The van der Waals surface area contributed by atoms with Gasteiger partial charge in [0.05, 0.1) is 6.08 Å². The Morgan fingerprint density at radius 2 is 1.70 bits per heavy atom. The first kappa shape index (κ1) is 15.1. The van der Waals surface area contributed by atoms with Gasteiger partial charge in [-0.1, -0.05) is 41.9 Å². The van der Waals surface area contributed by atoms with E-state index in [0.29, 0.717) is 0 Å². The first-order valence-corrected chi connectivity index (χ1v) is 6.44. The van der Waals surface area contributed by atoms with Crippen molar-refractivity contribution in [1.29, 1.82) is 0 Å². The van der Waals surface area contributed by atoms with Crippen LogP contribution in [0.3, 0.4) is 0 Å². The molecule has 0 spiro atoms. The molecule has 0 aliphatic carbocycles. The molecule has 0 aliphatic heterocycles. The highest BCUT2D eigenvalue weighted by Crippen LogP contribution is 2.19. The molecule has 0 saturated carbocycles. The van der Waals surface area contributed by atoms with Crippen LogP contribution in [0.4, 0.5) is 0 Å². The molecular weight excluding hydrogens is 385 g/mol. The number of aromatic nitrogens is 1. The van der Waals surface area contributed by atoms with Gasteiger partial charge in [0, 0.05) is 11.1 Å². The fourth-order valence-corrected chi connectivity index (χ4v) is 2.24. The third kappa shape index (κ3) is 2.88. The highest BCUT2D eigenvalue weighted by atomic mass is 127. The van der Waals surface area contributed by atoms with E-state index in [9.17, 15) is 0 Å². The van der Waals surface area contributed by atoms with Gasteiger partial charge in [-0.05, 0) is 23.8 Å². The van der Waals surface area contributed by atoms with E-state index in [1.807, 2.05) is 72.3 Å². The van der Waals surface area contributed by atoms with Crippen LogP contribution < -0.4 is 28.5 Å². The summed E-state index contributed by atoms with van der Waals surface area (Å²) in [6.07, 6.45) is 3.89. The molecule has 0 aliphatic rings. The largest absolute Gasteiger partial charge is 1.00 e. The number of fused-ring (bicyclic) bond motifs is 1. The number of nitrogens with zero attached hydrogens (tertiary/aromatic N) is 1. The van der Waals surface area contributed by atoms with Crippen LogP contribution in [0.25, 0.3) is 23.3 Å². The van der Waals surface area contributed by atoms with Crippen LogP contribution >= 0.6 is 11.6 Å². The van der Waals surface area contributed by atoms with Crippen LogP contribution in [-0.2, 0) is 7.05 Å². The van der Waals surface area contributed by atoms with Crippen molar-refractivity contribution in [2.24, 2.45) is 7.05 Å². The maximum Gasteiger partial charge on any atom is 0.373 e. The number of hydrogen-bond donors (Lipinski definition) is 0. The minimum atomic E-state index is 0. The molecule has 2 aromatic carbocycles. The van der Waals surface area contributed by atoms with E-state index in [1.165, 1.54) is 0 Å². The maximum atomic E-state index is 6.12. The van der Waals surface area contributed by atoms with Gasteiger partial charge in [0.25, 0.3) is 5.52 Å². The van der Waals surface area contributed by atoms with Gasteiger partial charge in [0.15, 0.2) is 0 Å². The Hall–Kier alpha value is -1.33. The average molecular weight is 398 g/mol. The smallest absolute Gasteiger partial charge is 0.373 e. The van der Waals surface area contributed by atoms with Crippen LogP contribution in [0, 0.1) is 0 Å². The lowest BCUT2D eigenvalue weighted by atomic mass is 10.2. The van der Waals surface area contributed by atoms with Gasteiger partial charge in [-0.3, -0.25) is 0 Å². The second kappa shape index (κ2) is 6.41. The molecule has 0 bridgehead atoms. The van der Waals surface area contributed by atoms with E-state index in [-0.39, 0.29) is 24.0 Å². The summed E-state index contributed by atoms with van der Waals surface area (Å²) in [7, 11) is 1.98. The van der Waals surface area contributed by atoms with Crippen molar-refractivity contribution in [1.82, 2.24) is 0 Å². The lowest BCUT2D eigenvalue weighted by Crippen LogP contribution is -3.00. The number of benzene rings is 2. The van der Waals surface area contributed by atoms with Crippen molar-refractivity contribution in [3.63, 3.8) is 0 Å².